The van der Waals surface area contributed by atoms with Gasteiger partial charge in [0, 0.05) is 12.0 Å². The highest BCUT2D eigenvalue weighted by Crippen LogP contribution is 2.34. The van der Waals surface area contributed by atoms with Crippen LogP contribution in [0.2, 0.25) is 0 Å². The van der Waals surface area contributed by atoms with E-state index in [1.165, 1.54) is 12.1 Å². The van der Waals surface area contributed by atoms with Gasteiger partial charge in [-0.2, -0.15) is 0 Å². The van der Waals surface area contributed by atoms with Crippen molar-refractivity contribution in [2.24, 2.45) is 0 Å². The summed E-state index contributed by atoms with van der Waals surface area (Å²) < 4.78 is 32.3. The first-order chi connectivity index (χ1) is 12.9. The highest BCUT2D eigenvalue weighted by molar-refractivity contribution is 7.89. The fourth-order valence-electron chi connectivity index (χ4n) is 2.69. The van der Waals surface area contributed by atoms with Crippen molar-refractivity contribution in [3.8, 4) is 22.4 Å². The molecule has 1 heterocycles. The first-order valence-electron chi connectivity index (χ1n) is 8.56. The number of ketones is 1. The Kier molecular flexibility index (Phi) is 5.53. The molecule has 140 valence electrons. The van der Waals surface area contributed by atoms with Crippen LogP contribution >= 0.6 is 0 Å². The molecule has 27 heavy (non-hydrogen) atoms. The van der Waals surface area contributed by atoms with Crippen molar-refractivity contribution in [3.05, 3.63) is 60.4 Å². The molecule has 6 nitrogen and oxygen atoms in total. The number of nitrogens with one attached hydrogen (secondary N) is 1. The molecule has 3 rings (SSSR count). The molecule has 0 radical (unpaired) electrons. The minimum Gasteiger partial charge on any atom is -0.360 e. The molecule has 0 saturated carbocycles. The van der Waals surface area contributed by atoms with E-state index < -0.39 is 10.0 Å². The smallest absolute Gasteiger partial charge is 0.240 e. The molecular weight excluding hydrogens is 364 g/mol. The van der Waals surface area contributed by atoms with Gasteiger partial charge in [0.25, 0.3) is 0 Å². The molecule has 0 atom stereocenters. The topological polar surface area (TPSA) is 89.3 Å². The number of rotatable bonds is 7. The van der Waals surface area contributed by atoms with Gasteiger partial charge >= 0.3 is 0 Å². The van der Waals surface area contributed by atoms with E-state index in [2.05, 4.69) is 9.88 Å². The van der Waals surface area contributed by atoms with Crippen molar-refractivity contribution in [2.45, 2.75) is 25.2 Å². The van der Waals surface area contributed by atoms with E-state index in [-0.39, 0.29) is 23.6 Å². The average molecular weight is 384 g/mol. The monoisotopic (exact) mass is 384 g/mol. The lowest BCUT2D eigenvalue weighted by Crippen LogP contribution is -2.29. The van der Waals surface area contributed by atoms with Crippen LogP contribution < -0.4 is 4.72 Å². The number of hydrogen-bond acceptors (Lipinski definition) is 5. The molecule has 1 aromatic heterocycles. The van der Waals surface area contributed by atoms with E-state index in [1.807, 2.05) is 37.3 Å². The lowest BCUT2D eigenvalue weighted by atomic mass is 10.00. The molecule has 0 aliphatic heterocycles. The lowest BCUT2D eigenvalue weighted by molar-refractivity contribution is -0.117. The largest absolute Gasteiger partial charge is 0.360 e. The number of nitrogens with zero attached hydrogens (tertiary/aromatic N) is 1. The summed E-state index contributed by atoms with van der Waals surface area (Å²) in [5.41, 5.74) is 3.24. The number of aromatic nitrogens is 1. The summed E-state index contributed by atoms with van der Waals surface area (Å²) in [5.74, 6) is 0.485. The summed E-state index contributed by atoms with van der Waals surface area (Å²) in [6.45, 7) is 3.30. The standard InChI is InChI=1S/C20H20N2O4S/c1-3-17(23)13-21-27(24,25)18-11-9-15(10-12-18)19-14(2)26-22-20(19)16-7-5-4-6-8-16/h4-12,21H,3,13H2,1-2H3. The second-order valence-corrected chi connectivity index (χ2v) is 7.84. The van der Waals surface area contributed by atoms with E-state index in [9.17, 15) is 13.2 Å². The van der Waals surface area contributed by atoms with Crippen LogP contribution in [0.5, 0.6) is 0 Å². The Morgan fingerprint density at radius 2 is 1.70 bits per heavy atom. The minimum atomic E-state index is -3.73. The Bertz CT molecular complexity index is 1040. The number of sulfonamides is 1. The summed E-state index contributed by atoms with van der Waals surface area (Å²) in [6, 6.07) is 16.1. The highest BCUT2D eigenvalue weighted by Gasteiger charge is 2.19. The molecule has 0 bridgehead atoms. The Hall–Kier alpha value is -2.77. The third kappa shape index (κ3) is 4.15. The van der Waals surface area contributed by atoms with E-state index in [1.54, 1.807) is 19.1 Å². The Morgan fingerprint density at radius 1 is 1.04 bits per heavy atom. The Balaban J connectivity index is 1.91. The SMILES string of the molecule is CCC(=O)CNS(=O)(=O)c1ccc(-c2c(-c3ccccc3)noc2C)cc1. The van der Waals surface area contributed by atoms with Crippen molar-refractivity contribution >= 4 is 15.8 Å². The van der Waals surface area contributed by atoms with Crippen molar-refractivity contribution in [2.75, 3.05) is 6.54 Å². The van der Waals surface area contributed by atoms with E-state index >= 15 is 0 Å². The third-order valence-electron chi connectivity index (χ3n) is 4.22. The van der Waals surface area contributed by atoms with Crippen LogP contribution in [0.4, 0.5) is 0 Å². The number of hydrogen-bond donors (Lipinski definition) is 1. The van der Waals surface area contributed by atoms with E-state index in [0.717, 1.165) is 16.7 Å². The number of aryl methyl sites for hydroxylation is 1. The normalized spacial score (nSPS) is 11.5. The first kappa shape index (κ1) is 19.0. The molecule has 2 aromatic carbocycles. The molecule has 0 unspecified atom stereocenters. The number of Topliss-reactive ketones (excluding diaryl/α,β-unsaturated/α-hetero) is 1. The molecule has 0 saturated heterocycles. The lowest BCUT2D eigenvalue weighted by Gasteiger charge is -2.07. The van der Waals surface area contributed by atoms with Gasteiger partial charge in [-0.1, -0.05) is 54.5 Å². The predicted octanol–water partition coefficient (Wildman–Crippen LogP) is 3.57. The van der Waals surface area contributed by atoms with Gasteiger partial charge in [0.15, 0.2) is 0 Å². The van der Waals surface area contributed by atoms with Gasteiger partial charge in [-0.3, -0.25) is 4.79 Å². The zero-order valence-corrected chi connectivity index (χ0v) is 15.9. The number of carbonyl (C=O) groups is 1. The predicted molar refractivity (Wildman–Crippen MR) is 103 cm³/mol. The number of benzene rings is 2. The van der Waals surface area contributed by atoms with Gasteiger partial charge in [-0.25, -0.2) is 13.1 Å². The van der Waals surface area contributed by atoms with Crippen LogP contribution in [0, 0.1) is 6.92 Å². The van der Waals surface area contributed by atoms with E-state index in [0.29, 0.717) is 11.5 Å². The Labute approximate surface area is 158 Å². The van der Waals surface area contributed by atoms with Crippen LogP contribution in [-0.4, -0.2) is 25.9 Å². The molecule has 0 aliphatic carbocycles. The maximum absolute atomic E-state index is 12.3. The van der Waals surface area contributed by atoms with Crippen LogP contribution in [0.3, 0.4) is 0 Å². The minimum absolute atomic E-state index is 0.102. The summed E-state index contributed by atoms with van der Waals surface area (Å²) in [6.07, 6.45) is 0.288. The average Bonchev–Trinajstić information content (AvgIpc) is 3.08. The van der Waals surface area contributed by atoms with Gasteiger partial charge in [0.1, 0.15) is 17.2 Å². The fraction of sp³-hybridized carbons (Fsp3) is 0.200. The quantitative estimate of drug-likeness (QED) is 0.673. The van der Waals surface area contributed by atoms with Crippen LogP contribution in [0.25, 0.3) is 22.4 Å². The zero-order chi connectivity index (χ0) is 19.4. The third-order valence-corrected chi connectivity index (χ3v) is 5.63. The van der Waals surface area contributed by atoms with Crippen LogP contribution in [0.1, 0.15) is 19.1 Å². The van der Waals surface area contributed by atoms with Crippen molar-refractivity contribution in [3.63, 3.8) is 0 Å². The molecule has 1 N–H and O–H groups in total. The second kappa shape index (κ2) is 7.85. The summed E-state index contributed by atoms with van der Waals surface area (Å²) in [5, 5.41) is 4.15. The molecule has 0 amide bonds. The van der Waals surface area contributed by atoms with Crippen LogP contribution in [0.15, 0.2) is 64.0 Å². The van der Waals surface area contributed by atoms with E-state index in [4.69, 9.17) is 4.52 Å². The summed E-state index contributed by atoms with van der Waals surface area (Å²) in [7, 11) is -3.73. The van der Waals surface area contributed by atoms with Gasteiger partial charge in [0.2, 0.25) is 10.0 Å². The molecular formula is C20H20N2O4S. The van der Waals surface area contributed by atoms with Crippen molar-refractivity contribution in [1.29, 1.82) is 0 Å². The Morgan fingerprint density at radius 3 is 2.33 bits per heavy atom. The van der Waals surface area contributed by atoms with Crippen LogP contribution in [-0.2, 0) is 14.8 Å². The van der Waals surface area contributed by atoms with Gasteiger partial charge in [-0.15, -0.1) is 0 Å². The first-order valence-corrected chi connectivity index (χ1v) is 10.0. The van der Waals surface area contributed by atoms with Gasteiger partial charge in [-0.05, 0) is 24.6 Å². The summed E-state index contributed by atoms with van der Waals surface area (Å²) in [4.78, 5) is 11.5. The summed E-state index contributed by atoms with van der Waals surface area (Å²) >= 11 is 0. The maximum atomic E-state index is 12.3. The van der Waals surface area contributed by atoms with Gasteiger partial charge in [0.05, 0.1) is 17.0 Å². The molecule has 3 aromatic rings. The van der Waals surface area contributed by atoms with Crippen molar-refractivity contribution < 1.29 is 17.7 Å². The molecule has 0 spiro atoms. The highest BCUT2D eigenvalue weighted by atomic mass is 32.2. The molecule has 7 heteroatoms. The van der Waals surface area contributed by atoms with Gasteiger partial charge < -0.3 is 4.52 Å². The zero-order valence-electron chi connectivity index (χ0n) is 15.1. The molecule has 0 fully saturated rings. The maximum Gasteiger partial charge on any atom is 0.240 e. The number of carbonyl (C=O) groups excluding carboxylic acids is 1. The molecule has 0 aliphatic rings. The second-order valence-electron chi connectivity index (χ2n) is 6.07. The van der Waals surface area contributed by atoms with Crippen molar-refractivity contribution in [1.82, 2.24) is 9.88 Å². The fourth-order valence-corrected chi connectivity index (χ4v) is 3.70.